The van der Waals surface area contributed by atoms with Gasteiger partial charge in [-0.1, -0.05) is 18.7 Å². The molecule has 41 heavy (non-hydrogen) atoms. The van der Waals surface area contributed by atoms with Gasteiger partial charge in [0.1, 0.15) is 0 Å². The van der Waals surface area contributed by atoms with E-state index in [1.54, 1.807) is 67.6 Å². The van der Waals surface area contributed by atoms with E-state index in [0.717, 1.165) is 6.08 Å². The first-order valence-electron chi connectivity index (χ1n) is 12.4. The van der Waals surface area contributed by atoms with Crippen molar-refractivity contribution in [3.8, 4) is 39.9 Å². The number of nitrogens with zero attached hydrogens (tertiary/aromatic N) is 6. The third kappa shape index (κ3) is 6.01. The van der Waals surface area contributed by atoms with Gasteiger partial charge in [0.25, 0.3) is 0 Å². The Morgan fingerprint density at radius 1 is 1.10 bits per heavy atom. The van der Waals surface area contributed by atoms with Gasteiger partial charge in [0.2, 0.25) is 11.9 Å². The second-order valence-corrected chi connectivity index (χ2v) is 8.79. The van der Waals surface area contributed by atoms with Gasteiger partial charge in [0.15, 0.2) is 17.3 Å². The maximum absolute atomic E-state index is 15.3. The highest BCUT2D eigenvalue weighted by Gasteiger charge is 2.20. The first-order chi connectivity index (χ1) is 19.8. The molecular weight excluding hydrogens is 527 g/mol. The zero-order chi connectivity index (χ0) is 28.9. The van der Waals surface area contributed by atoms with Gasteiger partial charge in [-0.05, 0) is 48.9 Å². The molecule has 2 N–H and O–H groups in total. The van der Waals surface area contributed by atoms with Gasteiger partial charge in [-0.2, -0.15) is 5.10 Å². The van der Waals surface area contributed by atoms with E-state index in [0.29, 0.717) is 45.2 Å². The maximum Gasteiger partial charge on any atom is 0.322 e. The molecule has 0 unspecified atom stereocenters. The highest BCUT2D eigenvalue weighted by atomic mass is 19.1. The van der Waals surface area contributed by atoms with Crippen LogP contribution in [0.3, 0.4) is 0 Å². The summed E-state index contributed by atoms with van der Waals surface area (Å²) in [6.07, 6.45) is 7.68. The zero-order valence-corrected chi connectivity index (χ0v) is 22.4. The Morgan fingerprint density at radius 3 is 2.66 bits per heavy atom. The van der Waals surface area contributed by atoms with Crippen LogP contribution in [0.25, 0.3) is 22.4 Å². The van der Waals surface area contributed by atoms with E-state index >= 15 is 4.39 Å². The monoisotopic (exact) mass is 552 g/mol. The number of aromatic nitrogens is 6. The number of anilines is 3. The maximum atomic E-state index is 15.3. The molecule has 0 saturated carbocycles. The van der Waals surface area contributed by atoms with Crippen molar-refractivity contribution in [3.05, 3.63) is 91.4 Å². The molecule has 0 radical (unpaired) electrons. The molecule has 3 heterocycles. The van der Waals surface area contributed by atoms with Crippen molar-refractivity contribution in [3.63, 3.8) is 0 Å². The van der Waals surface area contributed by atoms with Gasteiger partial charge in [0.05, 0.1) is 30.4 Å². The lowest BCUT2D eigenvalue weighted by Gasteiger charge is -2.17. The Kier molecular flexibility index (Phi) is 7.63. The smallest absolute Gasteiger partial charge is 0.322 e. The topological polar surface area (TPSA) is 129 Å². The molecule has 1 amide bonds. The normalized spacial score (nSPS) is 10.6. The standard InChI is InChI=1S/C29H25FN8O3/c1-5-25(39)36-23-8-6-7-20(27(23)40-4)26-21(15-32-28(37-26)35-19-14-33-38(3)16-19)18-9-10-24(22(30)13-18)41-29-31-12-11-17(2)34-29/h5-16H,1H2,2-4H3,(H,36,39)(H,32,35,37). The lowest BCUT2D eigenvalue weighted by molar-refractivity contribution is -0.111. The van der Waals surface area contributed by atoms with Gasteiger partial charge >= 0.3 is 6.01 Å². The molecule has 0 saturated heterocycles. The Bertz CT molecular complexity index is 1750. The van der Waals surface area contributed by atoms with E-state index in [-0.39, 0.29) is 17.7 Å². The summed E-state index contributed by atoms with van der Waals surface area (Å²) < 4.78 is 28.2. The minimum absolute atomic E-state index is 0.0367. The minimum Gasteiger partial charge on any atom is -0.494 e. The van der Waals surface area contributed by atoms with Crippen molar-refractivity contribution in [2.24, 2.45) is 7.05 Å². The summed E-state index contributed by atoms with van der Waals surface area (Å²) in [4.78, 5) is 29.5. The van der Waals surface area contributed by atoms with Gasteiger partial charge in [0, 0.05) is 42.5 Å². The molecule has 3 aromatic heterocycles. The quantitative estimate of drug-likeness (QED) is 0.229. The van der Waals surface area contributed by atoms with Crippen molar-refractivity contribution < 1.29 is 18.7 Å². The van der Waals surface area contributed by atoms with Crippen molar-refractivity contribution >= 4 is 23.2 Å². The van der Waals surface area contributed by atoms with Crippen LogP contribution in [0.4, 0.5) is 21.7 Å². The molecule has 0 spiro atoms. The minimum atomic E-state index is -0.630. The number of ether oxygens (including phenoxy) is 2. The second-order valence-electron chi connectivity index (χ2n) is 8.79. The van der Waals surface area contributed by atoms with E-state index in [4.69, 9.17) is 14.5 Å². The van der Waals surface area contributed by atoms with E-state index in [1.807, 2.05) is 0 Å². The lowest BCUT2D eigenvalue weighted by atomic mass is 9.99. The highest BCUT2D eigenvalue weighted by molar-refractivity contribution is 6.01. The first-order valence-corrected chi connectivity index (χ1v) is 12.4. The molecule has 2 aromatic carbocycles. The van der Waals surface area contributed by atoms with Crippen LogP contribution in [0.5, 0.6) is 17.5 Å². The predicted octanol–water partition coefficient (Wildman–Crippen LogP) is 5.45. The number of hydrogen-bond acceptors (Lipinski definition) is 9. The van der Waals surface area contributed by atoms with Crippen LogP contribution >= 0.6 is 0 Å². The summed E-state index contributed by atoms with van der Waals surface area (Å²) in [5.41, 5.74) is 3.72. The number of hydrogen-bond donors (Lipinski definition) is 2. The highest BCUT2D eigenvalue weighted by Crippen LogP contribution is 2.41. The number of nitrogens with one attached hydrogen (secondary N) is 2. The van der Waals surface area contributed by atoms with E-state index in [1.165, 1.54) is 25.4 Å². The molecule has 0 aliphatic carbocycles. The van der Waals surface area contributed by atoms with Gasteiger partial charge in [-0.25, -0.2) is 24.3 Å². The molecule has 12 heteroatoms. The first kappa shape index (κ1) is 26.9. The van der Waals surface area contributed by atoms with Crippen molar-refractivity contribution in [1.82, 2.24) is 29.7 Å². The predicted molar refractivity (Wildman–Crippen MR) is 152 cm³/mol. The molecule has 0 aliphatic heterocycles. The largest absolute Gasteiger partial charge is 0.494 e. The van der Waals surface area contributed by atoms with Gasteiger partial charge in [-0.3, -0.25) is 9.48 Å². The SMILES string of the molecule is C=CC(=O)Nc1cccc(-c2nc(Nc3cnn(C)c3)ncc2-c2ccc(Oc3nccc(C)n3)c(F)c2)c1OC. The molecule has 0 bridgehead atoms. The fraction of sp³-hybridized carbons (Fsp3) is 0.103. The summed E-state index contributed by atoms with van der Waals surface area (Å²) in [6.45, 7) is 5.29. The van der Waals surface area contributed by atoms with Crippen molar-refractivity contribution in [2.45, 2.75) is 6.92 Å². The molecule has 5 aromatic rings. The van der Waals surface area contributed by atoms with Crippen LogP contribution in [0.15, 0.2) is 79.9 Å². The third-order valence-electron chi connectivity index (χ3n) is 5.88. The molecular formula is C29H25FN8O3. The second kappa shape index (κ2) is 11.6. The molecule has 0 aliphatic rings. The third-order valence-corrected chi connectivity index (χ3v) is 5.88. The molecule has 0 atom stereocenters. The number of aryl methyl sites for hydroxylation is 2. The Balaban J connectivity index is 1.60. The Hall–Kier alpha value is -5.65. The van der Waals surface area contributed by atoms with Gasteiger partial charge in [-0.15, -0.1) is 0 Å². The molecule has 5 rings (SSSR count). The van der Waals surface area contributed by atoms with E-state index in [9.17, 15) is 4.79 Å². The number of para-hydroxylation sites is 1. The fourth-order valence-corrected chi connectivity index (χ4v) is 4.02. The fourth-order valence-electron chi connectivity index (χ4n) is 4.02. The average molecular weight is 553 g/mol. The number of amides is 1. The summed E-state index contributed by atoms with van der Waals surface area (Å²) in [5.74, 6) is -0.445. The number of carbonyl (C=O) groups excluding carboxylic acids is 1. The van der Waals surface area contributed by atoms with E-state index < -0.39 is 11.7 Å². The molecule has 206 valence electrons. The summed E-state index contributed by atoms with van der Waals surface area (Å²) in [7, 11) is 3.28. The Morgan fingerprint density at radius 2 is 1.95 bits per heavy atom. The lowest BCUT2D eigenvalue weighted by Crippen LogP contribution is -2.09. The Labute approximate surface area is 234 Å². The molecule has 0 fully saturated rings. The van der Waals surface area contributed by atoms with Gasteiger partial charge < -0.3 is 20.1 Å². The van der Waals surface area contributed by atoms with E-state index in [2.05, 4.69) is 37.3 Å². The van der Waals surface area contributed by atoms with Crippen LogP contribution in [0.2, 0.25) is 0 Å². The summed E-state index contributed by atoms with van der Waals surface area (Å²) in [6, 6.07) is 11.5. The number of carbonyl (C=O) groups is 1. The van der Waals surface area contributed by atoms with Crippen molar-refractivity contribution in [2.75, 3.05) is 17.7 Å². The number of methoxy groups -OCH3 is 1. The van der Waals surface area contributed by atoms with Crippen LogP contribution < -0.4 is 20.1 Å². The van der Waals surface area contributed by atoms with Crippen molar-refractivity contribution in [1.29, 1.82) is 0 Å². The number of halogens is 1. The van der Waals surface area contributed by atoms with Crippen LogP contribution in [-0.4, -0.2) is 42.7 Å². The summed E-state index contributed by atoms with van der Waals surface area (Å²) >= 11 is 0. The van der Waals surface area contributed by atoms with Crippen LogP contribution in [0.1, 0.15) is 5.69 Å². The number of rotatable bonds is 9. The zero-order valence-electron chi connectivity index (χ0n) is 22.4. The number of benzene rings is 2. The van der Waals surface area contributed by atoms with Crippen LogP contribution in [-0.2, 0) is 11.8 Å². The summed E-state index contributed by atoms with van der Waals surface area (Å²) in [5, 5.41) is 10.0. The molecule has 11 nitrogen and oxygen atoms in total. The average Bonchev–Trinajstić information content (AvgIpc) is 3.38. The van der Waals surface area contributed by atoms with Crippen LogP contribution in [0, 0.1) is 12.7 Å².